The summed E-state index contributed by atoms with van der Waals surface area (Å²) in [6, 6.07) is 0.736. The number of piperidine rings is 1. The molecule has 4 heteroatoms. The highest BCUT2D eigenvalue weighted by atomic mass is 16.4. The predicted molar refractivity (Wildman–Crippen MR) is 62.4 cm³/mol. The van der Waals surface area contributed by atoms with Crippen molar-refractivity contribution in [1.82, 2.24) is 10.2 Å². The Morgan fingerprint density at radius 1 is 1.56 bits per heavy atom. The van der Waals surface area contributed by atoms with Gasteiger partial charge >= 0.3 is 5.97 Å². The second-order valence-electron chi connectivity index (χ2n) is 5.47. The number of fused-ring (bicyclic) bond motifs is 2. The average Bonchev–Trinajstić information content (AvgIpc) is 2.87. The number of likely N-dealkylation sites (tertiary alicyclic amines) is 1. The summed E-state index contributed by atoms with van der Waals surface area (Å²) in [5.41, 5.74) is -0.776. The molecule has 2 fully saturated rings. The number of nitrogens with one attached hydrogen (secondary N) is 1. The third kappa shape index (κ3) is 2.09. The zero-order chi connectivity index (χ0) is 11.8. The molecule has 1 heterocycles. The van der Waals surface area contributed by atoms with Gasteiger partial charge in [0.25, 0.3) is 0 Å². The quantitative estimate of drug-likeness (QED) is 0.732. The van der Waals surface area contributed by atoms with E-state index in [9.17, 15) is 4.79 Å². The first kappa shape index (κ1) is 11.9. The molecule has 0 aromatic rings. The molecule has 1 aliphatic carbocycles. The van der Waals surface area contributed by atoms with Crippen molar-refractivity contribution in [2.75, 3.05) is 20.1 Å². The Morgan fingerprint density at radius 2 is 2.31 bits per heavy atom. The summed E-state index contributed by atoms with van der Waals surface area (Å²) in [7, 11) is 1.73. The average molecular weight is 226 g/mol. The Kier molecular flexibility index (Phi) is 3.22. The molecule has 4 nitrogen and oxygen atoms in total. The maximum absolute atomic E-state index is 11.1. The van der Waals surface area contributed by atoms with Gasteiger partial charge in [-0.2, -0.15) is 0 Å². The van der Waals surface area contributed by atoms with E-state index in [1.165, 1.54) is 25.8 Å². The van der Waals surface area contributed by atoms with E-state index in [0.29, 0.717) is 6.42 Å². The maximum Gasteiger partial charge on any atom is 0.323 e. The van der Waals surface area contributed by atoms with E-state index in [2.05, 4.69) is 10.2 Å². The minimum Gasteiger partial charge on any atom is -0.480 e. The van der Waals surface area contributed by atoms with Crippen LogP contribution in [0, 0.1) is 5.92 Å². The molecule has 92 valence electrons. The molecule has 0 aromatic heterocycles. The molecular weight excluding hydrogens is 204 g/mol. The Hall–Kier alpha value is -0.610. The molecule has 0 spiro atoms. The van der Waals surface area contributed by atoms with Crippen molar-refractivity contribution in [2.24, 2.45) is 5.92 Å². The van der Waals surface area contributed by atoms with Crippen molar-refractivity contribution in [3.05, 3.63) is 0 Å². The van der Waals surface area contributed by atoms with Gasteiger partial charge in [-0.05, 0) is 45.6 Å². The zero-order valence-electron chi connectivity index (χ0n) is 10.2. The lowest BCUT2D eigenvalue weighted by Crippen LogP contribution is -2.50. The number of carbonyl (C=O) groups is 1. The normalized spacial score (nSPS) is 32.9. The van der Waals surface area contributed by atoms with E-state index < -0.39 is 11.5 Å². The first-order valence-corrected chi connectivity index (χ1v) is 6.21. The molecule has 3 atom stereocenters. The Labute approximate surface area is 97.0 Å². The molecule has 2 rings (SSSR count). The van der Waals surface area contributed by atoms with Crippen molar-refractivity contribution in [3.8, 4) is 0 Å². The highest BCUT2D eigenvalue weighted by molar-refractivity contribution is 5.78. The van der Waals surface area contributed by atoms with Crippen molar-refractivity contribution in [1.29, 1.82) is 0 Å². The minimum absolute atomic E-state index is 0.683. The largest absolute Gasteiger partial charge is 0.480 e. The van der Waals surface area contributed by atoms with E-state index in [0.717, 1.165) is 18.5 Å². The molecular formula is C12H22N2O2. The van der Waals surface area contributed by atoms with Gasteiger partial charge in [-0.15, -0.1) is 0 Å². The van der Waals surface area contributed by atoms with Crippen LogP contribution in [0.25, 0.3) is 0 Å². The maximum atomic E-state index is 11.1. The lowest BCUT2D eigenvalue weighted by Gasteiger charge is -2.31. The van der Waals surface area contributed by atoms with E-state index in [1.54, 1.807) is 14.0 Å². The van der Waals surface area contributed by atoms with Gasteiger partial charge in [0, 0.05) is 19.1 Å². The highest BCUT2D eigenvalue weighted by Crippen LogP contribution is 2.37. The summed E-state index contributed by atoms with van der Waals surface area (Å²) in [6.45, 7) is 3.86. The molecule has 0 amide bonds. The number of carboxylic acids is 1. The number of hydrogen-bond acceptors (Lipinski definition) is 3. The van der Waals surface area contributed by atoms with Gasteiger partial charge in [0.2, 0.25) is 0 Å². The van der Waals surface area contributed by atoms with Gasteiger partial charge in [0.05, 0.1) is 0 Å². The molecule has 2 N–H and O–H groups in total. The number of rotatable bonds is 5. The topological polar surface area (TPSA) is 52.6 Å². The van der Waals surface area contributed by atoms with E-state index in [-0.39, 0.29) is 0 Å². The molecule has 1 aliphatic heterocycles. The van der Waals surface area contributed by atoms with Crippen LogP contribution >= 0.6 is 0 Å². The fourth-order valence-corrected chi connectivity index (χ4v) is 3.01. The number of likely N-dealkylation sites (N-methyl/N-ethyl adjacent to an activating group) is 1. The zero-order valence-corrected chi connectivity index (χ0v) is 10.2. The smallest absolute Gasteiger partial charge is 0.323 e. The Bertz CT molecular complexity index is 282. The third-order valence-corrected chi connectivity index (χ3v) is 4.45. The lowest BCUT2D eigenvalue weighted by molar-refractivity contribution is -0.144. The van der Waals surface area contributed by atoms with E-state index in [1.807, 2.05) is 0 Å². The van der Waals surface area contributed by atoms with Crippen LogP contribution in [0.2, 0.25) is 0 Å². The van der Waals surface area contributed by atoms with Crippen LogP contribution in [-0.4, -0.2) is 47.7 Å². The molecule has 1 saturated carbocycles. The summed E-state index contributed by atoms with van der Waals surface area (Å²) < 4.78 is 0. The first-order chi connectivity index (χ1) is 7.55. The van der Waals surface area contributed by atoms with Crippen LogP contribution in [0.3, 0.4) is 0 Å². The van der Waals surface area contributed by atoms with Gasteiger partial charge in [-0.25, -0.2) is 0 Å². The summed E-state index contributed by atoms with van der Waals surface area (Å²) in [4.78, 5) is 13.6. The number of nitrogens with zero attached hydrogens (tertiary/aromatic N) is 1. The molecule has 3 unspecified atom stereocenters. The monoisotopic (exact) mass is 226 g/mol. The van der Waals surface area contributed by atoms with Gasteiger partial charge in [0.1, 0.15) is 5.54 Å². The lowest BCUT2D eigenvalue weighted by atomic mass is 9.97. The van der Waals surface area contributed by atoms with Crippen LogP contribution in [0.15, 0.2) is 0 Å². The van der Waals surface area contributed by atoms with Gasteiger partial charge in [-0.3, -0.25) is 4.79 Å². The molecule has 1 saturated heterocycles. The molecule has 0 aromatic carbocycles. The first-order valence-electron chi connectivity index (χ1n) is 6.21. The molecule has 16 heavy (non-hydrogen) atoms. The van der Waals surface area contributed by atoms with Crippen molar-refractivity contribution < 1.29 is 9.90 Å². The molecule has 2 aliphatic rings. The number of aliphatic carboxylic acids is 1. The molecule has 0 radical (unpaired) electrons. The van der Waals surface area contributed by atoms with Gasteiger partial charge < -0.3 is 15.3 Å². The van der Waals surface area contributed by atoms with Crippen molar-refractivity contribution in [3.63, 3.8) is 0 Å². The summed E-state index contributed by atoms with van der Waals surface area (Å²) in [5, 5.41) is 12.1. The number of hydrogen-bond donors (Lipinski definition) is 2. The van der Waals surface area contributed by atoms with Crippen LogP contribution in [0.5, 0.6) is 0 Å². The van der Waals surface area contributed by atoms with Crippen LogP contribution in [0.1, 0.15) is 32.6 Å². The number of carboxylic acid groups (broad SMARTS) is 1. The van der Waals surface area contributed by atoms with Crippen LogP contribution in [-0.2, 0) is 4.79 Å². The predicted octanol–water partition coefficient (Wildman–Crippen LogP) is 0.923. The van der Waals surface area contributed by atoms with Gasteiger partial charge in [-0.1, -0.05) is 0 Å². The second-order valence-corrected chi connectivity index (χ2v) is 5.47. The second kappa shape index (κ2) is 4.34. The van der Waals surface area contributed by atoms with E-state index in [4.69, 9.17) is 5.11 Å². The van der Waals surface area contributed by atoms with E-state index >= 15 is 0 Å². The van der Waals surface area contributed by atoms with Crippen molar-refractivity contribution in [2.45, 2.75) is 44.2 Å². The van der Waals surface area contributed by atoms with Crippen molar-refractivity contribution >= 4 is 5.97 Å². The Morgan fingerprint density at radius 3 is 2.75 bits per heavy atom. The van der Waals surface area contributed by atoms with Gasteiger partial charge in [0.15, 0.2) is 0 Å². The molecule has 2 bridgehead atoms. The summed E-state index contributed by atoms with van der Waals surface area (Å²) in [6.07, 6.45) is 4.71. The van der Waals surface area contributed by atoms with Crippen LogP contribution < -0.4 is 5.32 Å². The summed E-state index contributed by atoms with van der Waals surface area (Å²) >= 11 is 0. The fraction of sp³-hybridized carbons (Fsp3) is 0.917. The highest BCUT2D eigenvalue weighted by Gasteiger charge is 2.39. The fourth-order valence-electron chi connectivity index (χ4n) is 3.01. The summed E-state index contributed by atoms with van der Waals surface area (Å²) in [5.74, 6) is 0.134. The SMILES string of the molecule is CNC(C)(CCN1CC2CCC1C2)C(=O)O. The standard InChI is InChI=1S/C12H22N2O2/c1-12(13-2,11(15)16)5-6-14-8-9-3-4-10(14)7-9/h9-10,13H,3-8H2,1-2H3,(H,15,16). The van der Waals surface area contributed by atoms with Crippen LogP contribution in [0.4, 0.5) is 0 Å². The third-order valence-electron chi connectivity index (χ3n) is 4.45. The Balaban J connectivity index is 1.85. The minimum atomic E-state index is -0.776.